The summed E-state index contributed by atoms with van der Waals surface area (Å²) in [4.78, 5) is 25.9. The molecule has 0 bridgehead atoms. The maximum atomic E-state index is 13.1. The Balaban J connectivity index is 1.95. The van der Waals surface area contributed by atoms with Gasteiger partial charge in [0.1, 0.15) is 0 Å². The van der Waals surface area contributed by atoms with Crippen LogP contribution in [0, 0.1) is 18.3 Å². The lowest BCUT2D eigenvalue weighted by Crippen LogP contribution is -2.27. The summed E-state index contributed by atoms with van der Waals surface area (Å²) in [6, 6.07) is 14.5. The van der Waals surface area contributed by atoms with Gasteiger partial charge in [0.2, 0.25) is 5.43 Å². The number of thioether (sulfide) groups is 1. The number of carbonyl (C=O) groups is 1. The molecule has 0 aliphatic heterocycles. The lowest BCUT2D eigenvalue weighted by Gasteiger charge is -2.14. The third-order valence-electron chi connectivity index (χ3n) is 4.35. The molecule has 10 heteroatoms. The second-order valence-corrected chi connectivity index (χ2v) is 7.80. The third kappa shape index (κ3) is 5.36. The smallest absolute Gasteiger partial charge is 0.319 e. The Bertz CT molecular complexity index is 1250. The van der Waals surface area contributed by atoms with Crippen LogP contribution in [-0.4, -0.2) is 21.4 Å². The van der Waals surface area contributed by atoms with Crippen LogP contribution in [0.15, 0.2) is 64.3 Å². The Morgan fingerprint density at radius 2 is 1.94 bits per heavy atom. The lowest BCUT2D eigenvalue weighted by molar-refractivity contribution is -0.137. The number of rotatable bonds is 6. The van der Waals surface area contributed by atoms with E-state index in [9.17, 15) is 22.8 Å². The molecule has 1 heterocycles. The third-order valence-corrected chi connectivity index (χ3v) is 5.42. The number of hydrogen-bond donors (Lipinski definition) is 1. The number of halogens is 3. The number of hydrogen-bond acceptors (Lipinski definition) is 5. The minimum absolute atomic E-state index is 0.0684. The molecule has 0 saturated heterocycles. The van der Waals surface area contributed by atoms with Crippen molar-refractivity contribution in [2.75, 3.05) is 11.1 Å². The van der Waals surface area contributed by atoms with Crippen LogP contribution < -0.4 is 10.7 Å². The number of anilines is 1. The number of aromatic nitrogens is 2. The van der Waals surface area contributed by atoms with Crippen molar-refractivity contribution in [3.05, 3.63) is 81.8 Å². The van der Waals surface area contributed by atoms with Crippen molar-refractivity contribution in [1.82, 2.24) is 9.78 Å². The number of benzene rings is 2. The molecule has 0 radical (unpaired) electrons. The first kappa shape index (κ1) is 23.1. The van der Waals surface area contributed by atoms with Crippen LogP contribution in [0.3, 0.4) is 0 Å². The van der Waals surface area contributed by atoms with E-state index < -0.39 is 28.8 Å². The molecular formula is C22H17F3N4O2S. The van der Waals surface area contributed by atoms with Gasteiger partial charge in [-0.15, -0.1) is 11.8 Å². The van der Waals surface area contributed by atoms with Gasteiger partial charge >= 0.3 is 6.18 Å². The van der Waals surface area contributed by atoms with Crippen molar-refractivity contribution >= 4 is 23.4 Å². The van der Waals surface area contributed by atoms with Gasteiger partial charge < -0.3 is 5.32 Å². The first-order chi connectivity index (χ1) is 15.2. The van der Waals surface area contributed by atoms with Crippen LogP contribution in [0.1, 0.15) is 28.2 Å². The van der Waals surface area contributed by atoms with Crippen LogP contribution in [0.5, 0.6) is 0 Å². The predicted octanol–water partition coefficient (Wildman–Crippen LogP) is 4.82. The van der Waals surface area contributed by atoms with Crippen molar-refractivity contribution in [3.8, 4) is 11.8 Å². The molecular weight excluding hydrogens is 441 g/mol. The molecule has 0 atom stereocenters. The van der Waals surface area contributed by atoms with E-state index in [4.69, 9.17) is 5.26 Å². The molecule has 0 saturated carbocycles. The van der Waals surface area contributed by atoms with Gasteiger partial charge in [0, 0.05) is 28.8 Å². The van der Waals surface area contributed by atoms with Gasteiger partial charge in [-0.25, -0.2) is 4.68 Å². The van der Waals surface area contributed by atoms with Gasteiger partial charge in [0.15, 0.2) is 5.69 Å². The number of amides is 1. The number of carbonyl (C=O) groups excluding carboxylic acids is 1. The SMILES string of the molecule is Cc1cc(=O)c(C(=O)Nc2ccccc2SCCC#N)nn1-c1cccc(C(F)(F)F)c1. The molecule has 1 amide bonds. The molecule has 0 aliphatic carbocycles. The zero-order valence-electron chi connectivity index (χ0n) is 16.8. The van der Waals surface area contributed by atoms with E-state index >= 15 is 0 Å². The van der Waals surface area contributed by atoms with Crippen molar-refractivity contribution in [1.29, 1.82) is 5.26 Å². The molecule has 0 fully saturated rings. The Labute approximate surface area is 185 Å². The Hall–Kier alpha value is -3.58. The molecule has 32 heavy (non-hydrogen) atoms. The summed E-state index contributed by atoms with van der Waals surface area (Å²) < 4.78 is 40.4. The predicted molar refractivity (Wildman–Crippen MR) is 115 cm³/mol. The molecule has 1 aromatic heterocycles. The fourth-order valence-electron chi connectivity index (χ4n) is 2.86. The van der Waals surface area contributed by atoms with E-state index in [0.29, 0.717) is 22.8 Å². The number of nitrogens with one attached hydrogen (secondary N) is 1. The average Bonchev–Trinajstić information content (AvgIpc) is 2.74. The maximum absolute atomic E-state index is 13.1. The fraction of sp³-hybridized carbons (Fsp3) is 0.182. The first-order valence-electron chi connectivity index (χ1n) is 9.39. The van der Waals surface area contributed by atoms with Crippen molar-refractivity contribution < 1.29 is 18.0 Å². The van der Waals surface area contributed by atoms with E-state index in [0.717, 1.165) is 22.9 Å². The van der Waals surface area contributed by atoms with E-state index in [1.807, 2.05) is 6.07 Å². The summed E-state index contributed by atoms with van der Waals surface area (Å²) in [5, 5.41) is 15.4. The standard InChI is InChI=1S/C22H17F3N4O2S/c1-14-12-18(30)20(28-29(14)16-7-4-6-15(13-16)22(23,24)25)21(31)27-17-8-2-3-9-19(17)32-11-5-10-26/h2-4,6-9,12-13H,5,11H2,1H3,(H,27,31). The van der Waals surface area contributed by atoms with Gasteiger partial charge in [-0.1, -0.05) is 18.2 Å². The molecule has 3 aromatic rings. The number of nitrogens with zero attached hydrogens (tertiary/aromatic N) is 3. The highest BCUT2D eigenvalue weighted by Gasteiger charge is 2.30. The number of aryl methyl sites for hydroxylation is 1. The summed E-state index contributed by atoms with van der Waals surface area (Å²) in [5.41, 5.74) is -1.20. The summed E-state index contributed by atoms with van der Waals surface area (Å²) in [5.74, 6) is -0.266. The van der Waals surface area contributed by atoms with Crippen molar-refractivity contribution in [3.63, 3.8) is 0 Å². The van der Waals surface area contributed by atoms with Crippen molar-refractivity contribution in [2.24, 2.45) is 0 Å². The summed E-state index contributed by atoms with van der Waals surface area (Å²) in [7, 11) is 0. The summed E-state index contributed by atoms with van der Waals surface area (Å²) >= 11 is 1.37. The average molecular weight is 458 g/mol. The minimum Gasteiger partial charge on any atom is -0.319 e. The highest BCUT2D eigenvalue weighted by atomic mass is 32.2. The van der Waals surface area contributed by atoms with E-state index in [1.54, 1.807) is 24.3 Å². The van der Waals surface area contributed by atoms with Crippen molar-refractivity contribution in [2.45, 2.75) is 24.4 Å². The second-order valence-electron chi connectivity index (χ2n) is 6.67. The largest absolute Gasteiger partial charge is 0.416 e. The second kappa shape index (κ2) is 9.70. The number of para-hydroxylation sites is 1. The fourth-order valence-corrected chi connectivity index (χ4v) is 3.73. The first-order valence-corrected chi connectivity index (χ1v) is 10.4. The zero-order valence-corrected chi connectivity index (χ0v) is 17.6. The Morgan fingerprint density at radius 1 is 1.19 bits per heavy atom. The molecule has 6 nitrogen and oxygen atoms in total. The van der Waals surface area contributed by atoms with Gasteiger partial charge in [-0.2, -0.15) is 23.5 Å². The van der Waals surface area contributed by atoms with E-state index in [1.165, 1.54) is 30.8 Å². The normalized spacial score (nSPS) is 11.1. The number of nitriles is 1. The quantitative estimate of drug-likeness (QED) is 0.423. The van der Waals surface area contributed by atoms with Crippen LogP contribution in [0.4, 0.5) is 18.9 Å². The molecule has 164 valence electrons. The van der Waals surface area contributed by atoms with Gasteiger partial charge in [-0.3, -0.25) is 9.59 Å². The Morgan fingerprint density at radius 3 is 2.66 bits per heavy atom. The molecule has 1 N–H and O–H groups in total. The van der Waals surface area contributed by atoms with Gasteiger partial charge in [-0.05, 0) is 37.3 Å². The van der Waals surface area contributed by atoms with Crippen LogP contribution >= 0.6 is 11.8 Å². The highest BCUT2D eigenvalue weighted by molar-refractivity contribution is 7.99. The minimum atomic E-state index is -4.55. The topological polar surface area (TPSA) is 87.8 Å². The molecule has 2 aromatic carbocycles. The number of alkyl halides is 3. The summed E-state index contributed by atoms with van der Waals surface area (Å²) in [6.45, 7) is 1.51. The summed E-state index contributed by atoms with van der Waals surface area (Å²) in [6.07, 6.45) is -4.22. The lowest BCUT2D eigenvalue weighted by atomic mass is 10.2. The molecule has 3 rings (SSSR count). The Kier molecular flexibility index (Phi) is 7.00. The highest BCUT2D eigenvalue weighted by Crippen LogP contribution is 2.30. The van der Waals surface area contributed by atoms with Gasteiger partial charge in [0.05, 0.1) is 23.0 Å². The molecule has 0 unspecified atom stereocenters. The van der Waals surface area contributed by atoms with Crippen LogP contribution in [0.2, 0.25) is 0 Å². The molecule has 0 spiro atoms. The van der Waals surface area contributed by atoms with Crippen LogP contribution in [0.25, 0.3) is 5.69 Å². The van der Waals surface area contributed by atoms with E-state index in [2.05, 4.69) is 10.4 Å². The van der Waals surface area contributed by atoms with Gasteiger partial charge in [0.25, 0.3) is 5.91 Å². The monoisotopic (exact) mass is 458 g/mol. The zero-order chi connectivity index (χ0) is 23.3. The molecule has 0 aliphatic rings. The van der Waals surface area contributed by atoms with Crippen LogP contribution in [-0.2, 0) is 6.18 Å². The van der Waals surface area contributed by atoms with E-state index in [-0.39, 0.29) is 11.4 Å². The maximum Gasteiger partial charge on any atom is 0.416 e.